The minimum atomic E-state index is -1.02. The van der Waals surface area contributed by atoms with Gasteiger partial charge >= 0.3 is 5.97 Å². The van der Waals surface area contributed by atoms with E-state index in [9.17, 15) is 9.59 Å². The van der Waals surface area contributed by atoms with Crippen molar-refractivity contribution in [1.29, 1.82) is 0 Å². The number of hydrogen-bond donors (Lipinski definition) is 1. The molecule has 1 aliphatic rings. The minimum Gasteiger partial charge on any atom is -0.493 e. The number of carbonyl (C=O) groups excluding carboxylic acids is 1. The molecule has 0 atom stereocenters. The van der Waals surface area contributed by atoms with Crippen molar-refractivity contribution in [2.24, 2.45) is 4.99 Å². The Hall–Kier alpha value is -2.58. The molecule has 29 heavy (non-hydrogen) atoms. The Morgan fingerprint density at radius 1 is 1.28 bits per heavy atom. The maximum atomic E-state index is 12.9. The van der Waals surface area contributed by atoms with Crippen LogP contribution in [0.5, 0.6) is 5.75 Å². The molecule has 1 heterocycles. The zero-order chi connectivity index (χ0) is 21.0. The van der Waals surface area contributed by atoms with Crippen molar-refractivity contribution < 1.29 is 19.4 Å². The molecule has 0 aromatic heterocycles. The molecule has 0 saturated carbocycles. The fraction of sp³-hybridized carbons (Fsp3) is 0.190. The number of carboxylic acids is 1. The lowest BCUT2D eigenvalue weighted by Crippen LogP contribution is -2.28. The Labute approximate surface area is 181 Å². The third kappa shape index (κ3) is 4.89. The highest BCUT2D eigenvalue weighted by Gasteiger charge is 2.32. The number of likely N-dealkylation sites (N-methyl/N-ethyl adjacent to an activating group) is 1. The van der Waals surface area contributed by atoms with Gasteiger partial charge in [0.25, 0.3) is 5.91 Å². The highest BCUT2D eigenvalue weighted by Crippen LogP contribution is 2.36. The molecule has 2 aromatic carbocycles. The predicted molar refractivity (Wildman–Crippen MR) is 119 cm³/mol. The Morgan fingerprint density at radius 3 is 2.76 bits per heavy atom. The number of nitrogens with zero attached hydrogens (tertiary/aromatic N) is 2. The van der Waals surface area contributed by atoms with E-state index in [4.69, 9.17) is 9.84 Å². The first-order chi connectivity index (χ1) is 13.9. The number of carboxylic acid groups (broad SMARTS) is 1. The molecule has 0 spiro atoms. The zero-order valence-corrected chi connectivity index (χ0v) is 18.3. The summed E-state index contributed by atoms with van der Waals surface area (Å²) in [6.45, 7) is 4.75. The van der Waals surface area contributed by atoms with Crippen LogP contribution in [0.4, 0.5) is 5.69 Å². The molecule has 1 fully saturated rings. The second-order valence-corrected chi connectivity index (χ2v) is 7.95. The lowest BCUT2D eigenvalue weighted by atomic mass is 10.2. The molecule has 1 aliphatic heterocycles. The molecule has 1 amide bonds. The number of halogens is 1. The second-order valence-electron chi connectivity index (χ2n) is 6.03. The van der Waals surface area contributed by atoms with Crippen LogP contribution in [0.25, 0.3) is 6.08 Å². The van der Waals surface area contributed by atoms with Gasteiger partial charge in [-0.05, 0) is 68.1 Å². The van der Waals surface area contributed by atoms with Crippen molar-refractivity contribution in [3.8, 4) is 5.75 Å². The van der Waals surface area contributed by atoms with Crippen LogP contribution in [-0.4, -0.2) is 40.2 Å². The normalized spacial score (nSPS) is 16.7. The topological polar surface area (TPSA) is 79.2 Å². The third-order valence-corrected chi connectivity index (χ3v) is 5.58. The van der Waals surface area contributed by atoms with Crippen molar-refractivity contribution in [3.05, 3.63) is 63.0 Å². The molecular weight excluding hydrogens is 456 g/mol. The van der Waals surface area contributed by atoms with Crippen LogP contribution in [0.2, 0.25) is 0 Å². The van der Waals surface area contributed by atoms with E-state index >= 15 is 0 Å². The summed E-state index contributed by atoms with van der Waals surface area (Å²) in [7, 11) is 0. The van der Waals surface area contributed by atoms with Crippen LogP contribution >= 0.6 is 27.7 Å². The van der Waals surface area contributed by atoms with Gasteiger partial charge in [0, 0.05) is 16.6 Å². The quantitative estimate of drug-likeness (QED) is 0.584. The van der Waals surface area contributed by atoms with Gasteiger partial charge in [-0.3, -0.25) is 9.69 Å². The first-order valence-corrected chi connectivity index (χ1v) is 10.6. The van der Waals surface area contributed by atoms with Crippen LogP contribution < -0.4 is 4.74 Å². The number of benzene rings is 2. The Morgan fingerprint density at radius 2 is 2.07 bits per heavy atom. The average molecular weight is 475 g/mol. The molecule has 0 radical (unpaired) electrons. The summed E-state index contributed by atoms with van der Waals surface area (Å²) in [6.07, 6.45) is 1.79. The fourth-order valence-corrected chi connectivity index (χ4v) is 4.18. The molecule has 0 unspecified atom stereocenters. The number of amidine groups is 1. The molecule has 3 rings (SSSR count). The maximum Gasteiger partial charge on any atom is 0.335 e. The largest absolute Gasteiger partial charge is 0.493 e. The highest BCUT2D eigenvalue weighted by molar-refractivity contribution is 9.10. The lowest BCUT2D eigenvalue weighted by Gasteiger charge is -2.12. The lowest BCUT2D eigenvalue weighted by molar-refractivity contribution is -0.122. The number of aromatic carboxylic acids is 1. The summed E-state index contributed by atoms with van der Waals surface area (Å²) < 4.78 is 6.55. The van der Waals surface area contributed by atoms with E-state index < -0.39 is 5.97 Å². The summed E-state index contributed by atoms with van der Waals surface area (Å²) >= 11 is 4.71. The SMILES string of the molecule is CCOc1ccc(Br)cc1/C=C1/SC(=Nc2cccc(C(=O)O)c2)N(CC)C1=O. The molecule has 6 nitrogen and oxygen atoms in total. The molecule has 2 aromatic rings. The van der Waals surface area contributed by atoms with Gasteiger partial charge < -0.3 is 9.84 Å². The first kappa shape index (κ1) is 21.1. The molecule has 8 heteroatoms. The number of hydrogen-bond acceptors (Lipinski definition) is 5. The van der Waals surface area contributed by atoms with Gasteiger partial charge in [-0.15, -0.1) is 0 Å². The average Bonchev–Trinajstić information content (AvgIpc) is 2.98. The van der Waals surface area contributed by atoms with E-state index in [-0.39, 0.29) is 11.5 Å². The Balaban J connectivity index is 1.98. The maximum absolute atomic E-state index is 12.9. The van der Waals surface area contributed by atoms with Gasteiger partial charge in [0.05, 0.1) is 22.8 Å². The molecule has 1 N–H and O–H groups in total. The minimum absolute atomic E-state index is 0.145. The zero-order valence-electron chi connectivity index (χ0n) is 15.9. The number of rotatable bonds is 6. The van der Waals surface area contributed by atoms with Crippen LogP contribution in [0.15, 0.2) is 56.8 Å². The number of aliphatic imine (C=N–C) groups is 1. The standard InChI is InChI=1S/C21H19BrN2O4S/c1-3-24-19(25)18(12-14-10-15(22)8-9-17(14)28-4-2)29-21(24)23-16-7-5-6-13(11-16)20(26)27/h5-12H,3-4H2,1-2H3,(H,26,27)/b18-12+,23-21?. The monoisotopic (exact) mass is 474 g/mol. The molecular formula is C21H19BrN2O4S. The summed E-state index contributed by atoms with van der Waals surface area (Å²) in [5.41, 5.74) is 1.43. The molecule has 150 valence electrons. The van der Waals surface area contributed by atoms with Gasteiger partial charge in [-0.25, -0.2) is 9.79 Å². The van der Waals surface area contributed by atoms with Crippen molar-refractivity contribution in [3.63, 3.8) is 0 Å². The van der Waals surface area contributed by atoms with Gasteiger partial charge in [0.1, 0.15) is 5.75 Å². The number of carbonyl (C=O) groups is 2. The molecule has 1 saturated heterocycles. The summed E-state index contributed by atoms with van der Waals surface area (Å²) in [6, 6.07) is 12.0. The van der Waals surface area contributed by atoms with Crippen LogP contribution in [-0.2, 0) is 4.79 Å². The van der Waals surface area contributed by atoms with Gasteiger partial charge in [-0.2, -0.15) is 0 Å². The summed E-state index contributed by atoms with van der Waals surface area (Å²) in [5.74, 6) is -0.472. The number of thioether (sulfide) groups is 1. The van der Waals surface area contributed by atoms with Gasteiger partial charge in [-0.1, -0.05) is 22.0 Å². The molecule has 0 aliphatic carbocycles. The Bertz CT molecular complexity index is 1020. The van der Waals surface area contributed by atoms with Crippen molar-refractivity contribution in [2.75, 3.05) is 13.2 Å². The van der Waals surface area contributed by atoms with Crippen LogP contribution in [0, 0.1) is 0 Å². The second kappa shape index (κ2) is 9.28. The van der Waals surface area contributed by atoms with Crippen molar-refractivity contribution in [2.45, 2.75) is 13.8 Å². The number of ether oxygens (including phenoxy) is 1. The predicted octanol–water partition coefficient (Wildman–Crippen LogP) is 5.17. The van der Waals surface area contributed by atoms with E-state index in [1.165, 1.54) is 23.9 Å². The van der Waals surface area contributed by atoms with E-state index in [1.807, 2.05) is 32.0 Å². The first-order valence-electron chi connectivity index (χ1n) is 8.98. The van der Waals surface area contributed by atoms with E-state index in [0.29, 0.717) is 34.7 Å². The Kier molecular flexibility index (Phi) is 6.76. The summed E-state index contributed by atoms with van der Waals surface area (Å²) in [5, 5.41) is 9.68. The molecule has 0 bridgehead atoms. The smallest absolute Gasteiger partial charge is 0.335 e. The van der Waals surface area contributed by atoms with E-state index in [2.05, 4.69) is 20.9 Å². The number of amides is 1. The van der Waals surface area contributed by atoms with Gasteiger partial charge in [0.2, 0.25) is 0 Å². The third-order valence-electron chi connectivity index (χ3n) is 4.08. The fourth-order valence-electron chi connectivity index (χ4n) is 2.75. The van der Waals surface area contributed by atoms with Crippen LogP contribution in [0.1, 0.15) is 29.8 Å². The van der Waals surface area contributed by atoms with Crippen LogP contribution in [0.3, 0.4) is 0 Å². The van der Waals surface area contributed by atoms with Crippen molar-refractivity contribution in [1.82, 2.24) is 4.90 Å². The van der Waals surface area contributed by atoms with Gasteiger partial charge in [0.15, 0.2) is 5.17 Å². The highest BCUT2D eigenvalue weighted by atomic mass is 79.9. The summed E-state index contributed by atoms with van der Waals surface area (Å²) in [4.78, 5) is 30.7. The van der Waals surface area contributed by atoms with E-state index in [1.54, 1.807) is 23.1 Å². The van der Waals surface area contributed by atoms with Crippen molar-refractivity contribution >= 4 is 56.5 Å². The van der Waals surface area contributed by atoms with E-state index in [0.717, 1.165) is 10.0 Å².